The van der Waals surface area contributed by atoms with Crippen LogP contribution in [0.15, 0.2) is 12.4 Å². The lowest BCUT2D eigenvalue weighted by Crippen LogP contribution is -2.46. The number of nitrogens with one attached hydrogen (secondary N) is 2. The first-order valence-corrected chi connectivity index (χ1v) is 7.01. The van der Waals surface area contributed by atoms with Gasteiger partial charge in [-0.1, -0.05) is 0 Å². The topological polar surface area (TPSA) is 87.2 Å². The Labute approximate surface area is 110 Å². The van der Waals surface area contributed by atoms with Crippen LogP contribution in [0.25, 0.3) is 0 Å². The molecule has 0 aromatic carbocycles. The van der Waals surface area contributed by atoms with Crippen molar-refractivity contribution >= 4 is 17.7 Å². The molecule has 1 fully saturated rings. The zero-order valence-corrected chi connectivity index (χ0v) is 10.8. The normalized spacial score (nSPS) is 23.2. The van der Waals surface area contributed by atoms with Crippen LogP contribution in [0.4, 0.5) is 0 Å². The van der Waals surface area contributed by atoms with Gasteiger partial charge in [0.1, 0.15) is 0 Å². The van der Waals surface area contributed by atoms with Crippen molar-refractivity contribution in [2.24, 2.45) is 0 Å². The summed E-state index contributed by atoms with van der Waals surface area (Å²) >= 11 is 1.80. The van der Waals surface area contributed by atoms with Crippen LogP contribution in [0, 0.1) is 0 Å². The molecule has 1 amide bonds. The molecule has 0 bridgehead atoms. The molecule has 1 aliphatic heterocycles. The van der Waals surface area contributed by atoms with Crippen LogP contribution in [-0.2, 0) is 4.74 Å². The van der Waals surface area contributed by atoms with Gasteiger partial charge in [-0.15, -0.1) is 0 Å². The smallest absolute Gasteiger partial charge is 0.287 e. The van der Waals surface area contributed by atoms with Crippen molar-refractivity contribution in [3.05, 3.63) is 18.2 Å². The van der Waals surface area contributed by atoms with Gasteiger partial charge in [0, 0.05) is 24.7 Å². The van der Waals surface area contributed by atoms with Gasteiger partial charge in [0.2, 0.25) is 0 Å². The van der Waals surface area contributed by atoms with E-state index in [4.69, 9.17) is 9.84 Å². The van der Waals surface area contributed by atoms with E-state index in [1.807, 2.05) is 0 Å². The molecule has 1 aliphatic rings. The quantitative estimate of drug-likeness (QED) is 0.679. The highest BCUT2D eigenvalue weighted by Crippen LogP contribution is 2.30. The minimum atomic E-state index is -0.352. The second kappa shape index (κ2) is 6.21. The number of ether oxygens (including phenoxy) is 1. The van der Waals surface area contributed by atoms with Gasteiger partial charge in [0.15, 0.2) is 5.82 Å². The Morgan fingerprint density at radius 1 is 1.72 bits per heavy atom. The van der Waals surface area contributed by atoms with Crippen molar-refractivity contribution in [1.82, 2.24) is 15.3 Å². The van der Waals surface area contributed by atoms with Crippen LogP contribution < -0.4 is 5.32 Å². The molecule has 7 heteroatoms. The Morgan fingerprint density at radius 3 is 3.22 bits per heavy atom. The molecule has 18 heavy (non-hydrogen) atoms. The fourth-order valence-corrected chi connectivity index (χ4v) is 3.23. The Hall–Kier alpha value is -1.05. The summed E-state index contributed by atoms with van der Waals surface area (Å²) in [5.74, 6) is 1.93. The number of aliphatic hydroxyl groups excluding tert-OH is 1. The highest BCUT2D eigenvalue weighted by Gasteiger charge is 2.35. The van der Waals surface area contributed by atoms with Crippen molar-refractivity contribution in [2.75, 3.05) is 31.3 Å². The molecule has 1 unspecified atom stereocenters. The predicted molar refractivity (Wildman–Crippen MR) is 68.6 cm³/mol. The molecule has 0 aliphatic carbocycles. The summed E-state index contributed by atoms with van der Waals surface area (Å²) < 4.78 is 5.69. The Bertz CT molecular complexity index is 377. The van der Waals surface area contributed by atoms with Gasteiger partial charge in [-0.05, 0) is 12.2 Å². The zero-order valence-electron chi connectivity index (χ0n) is 10.0. The van der Waals surface area contributed by atoms with Crippen molar-refractivity contribution in [3.8, 4) is 0 Å². The van der Waals surface area contributed by atoms with Crippen LogP contribution in [0.2, 0.25) is 0 Å². The van der Waals surface area contributed by atoms with Gasteiger partial charge < -0.3 is 20.1 Å². The van der Waals surface area contributed by atoms with Crippen LogP contribution in [-0.4, -0.2) is 57.8 Å². The lowest BCUT2D eigenvalue weighted by molar-refractivity contribution is -0.0379. The highest BCUT2D eigenvalue weighted by molar-refractivity contribution is 7.99. The number of rotatable bonds is 6. The lowest BCUT2D eigenvalue weighted by Gasteiger charge is -2.28. The Balaban J connectivity index is 1.88. The number of aliphatic hydroxyl groups is 1. The first-order chi connectivity index (χ1) is 8.76. The number of imidazole rings is 1. The van der Waals surface area contributed by atoms with E-state index in [0.29, 0.717) is 19.0 Å². The monoisotopic (exact) mass is 271 g/mol. The molecule has 1 saturated heterocycles. The second-order valence-electron chi connectivity index (χ2n) is 4.18. The van der Waals surface area contributed by atoms with Crippen molar-refractivity contribution in [2.45, 2.75) is 12.0 Å². The number of aromatic nitrogens is 2. The molecular formula is C11H17N3O3S. The number of aromatic amines is 1. The SMILES string of the molecule is O=C(NCC1(OCCO)CCSC1)c1ncc[nH]1. The zero-order chi connectivity index (χ0) is 12.8. The van der Waals surface area contributed by atoms with Gasteiger partial charge in [-0.3, -0.25) is 4.79 Å². The average Bonchev–Trinajstić information content (AvgIpc) is 3.05. The highest BCUT2D eigenvalue weighted by atomic mass is 32.2. The number of hydrogen-bond donors (Lipinski definition) is 3. The van der Waals surface area contributed by atoms with Crippen LogP contribution in [0.5, 0.6) is 0 Å². The van der Waals surface area contributed by atoms with E-state index >= 15 is 0 Å². The number of nitrogens with zero attached hydrogens (tertiary/aromatic N) is 1. The summed E-state index contributed by atoms with van der Waals surface area (Å²) in [7, 11) is 0. The maximum absolute atomic E-state index is 11.8. The maximum atomic E-state index is 11.8. The third kappa shape index (κ3) is 3.24. The van der Waals surface area contributed by atoms with Crippen LogP contribution in [0.3, 0.4) is 0 Å². The van der Waals surface area contributed by atoms with Crippen LogP contribution >= 0.6 is 11.8 Å². The Kier molecular flexibility index (Phi) is 4.62. The first kappa shape index (κ1) is 13.4. The number of hydrogen-bond acceptors (Lipinski definition) is 5. The van der Waals surface area contributed by atoms with E-state index in [9.17, 15) is 4.79 Å². The summed E-state index contributed by atoms with van der Waals surface area (Å²) in [6.07, 6.45) is 4.03. The van der Waals surface area contributed by atoms with E-state index < -0.39 is 0 Å². The summed E-state index contributed by atoms with van der Waals surface area (Å²) in [5.41, 5.74) is -0.352. The van der Waals surface area contributed by atoms with Crippen molar-refractivity contribution in [1.29, 1.82) is 0 Å². The van der Waals surface area contributed by atoms with Gasteiger partial charge in [-0.25, -0.2) is 4.98 Å². The fourth-order valence-electron chi connectivity index (χ4n) is 1.87. The van der Waals surface area contributed by atoms with E-state index in [0.717, 1.165) is 17.9 Å². The second-order valence-corrected chi connectivity index (χ2v) is 5.28. The number of thioether (sulfide) groups is 1. The maximum Gasteiger partial charge on any atom is 0.287 e. The van der Waals surface area contributed by atoms with Crippen molar-refractivity contribution in [3.63, 3.8) is 0 Å². The summed E-state index contributed by atoms with van der Waals surface area (Å²) in [6, 6.07) is 0. The molecule has 1 aromatic heterocycles. The minimum absolute atomic E-state index is 0.00144. The number of carbonyl (C=O) groups excluding carboxylic acids is 1. The molecule has 100 valence electrons. The van der Waals surface area contributed by atoms with Gasteiger partial charge in [0.05, 0.1) is 18.8 Å². The molecule has 2 heterocycles. The Morgan fingerprint density at radius 2 is 2.61 bits per heavy atom. The third-order valence-electron chi connectivity index (χ3n) is 2.85. The number of amides is 1. The molecule has 6 nitrogen and oxygen atoms in total. The summed E-state index contributed by atoms with van der Waals surface area (Å²) in [4.78, 5) is 18.4. The van der Waals surface area contributed by atoms with E-state index in [2.05, 4.69) is 15.3 Å². The van der Waals surface area contributed by atoms with Gasteiger partial charge in [-0.2, -0.15) is 11.8 Å². The standard InChI is InChI=1S/C11H17N3O3S/c15-4-5-17-11(1-6-18-8-11)7-14-10(16)9-12-2-3-13-9/h2-3,15H,1,4-8H2,(H,12,13)(H,14,16). The number of H-pyrrole nitrogens is 1. The van der Waals surface area contributed by atoms with Crippen molar-refractivity contribution < 1.29 is 14.6 Å². The van der Waals surface area contributed by atoms with Crippen LogP contribution in [0.1, 0.15) is 17.0 Å². The van der Waals surface area contributed by atoms with Gasteiger partial charge in [0.25, 0.3) is 5.91 Å². The van der Waals surface area contributed by atoms with E-state index in [1.165, 1.54) is 0 Å². The molecular weight excluding hydrogens is 254 g/mol. The molecule has 0 radical (unpaired) electrons. The minimum Gasteiger partial charge on any atom is -0.394 e. The summed E-state index contributed by atoms with van der Waals surface area (Å²) in [6.45, 7) is 0.745. The fraction of sp³-hybridized carbons (Fsp3) is 0.636. The lowest BCUT2D eigenvalue weighted by atomic mass is 10.0. The first-order valence-electron chi connectivity index (χ1n) is 5.86. The van der Waals surface area contributed by atoms with E-state index in [1.54, 1.807) is 24.2 Å². The molecule has 3 N–H and O–H groups in total. The molecule has 0 saturated carbocycles. The summed E-state index contributed by atoms with van der Waals surface area (Å²) in [5, 5.41) is 11.7. The average molecular weight is 271 g/mol. The molecule has 0 spiro atoms. The third-order valence-corrected chi connectivity index (χ3v) is 4.07. The van der Waals surface area contributed by atoms with E-state index in [-0.39, 0.29) is 18.1 Å². The molecule has 1 aromatic rings. The predicted octanol–water partition coefficient (Wildman–Crippen LogP) is 0.0241. The molecule has 2 rings (SSSR count). The molecule has 1 atom stereocenters. The number of carbonyl (C=O) groups is 1. The largest absolute Gasteiger partial charge is 0.394 e. The van der Waals surface area contributed by atoms with Gasteiger partial charge >= 0.3 is 0 Å².